The third-order valence-electron chi connectivity index (χ3n) is 3.46. The summed E-state index contributed by atoms with van der Waals surface area (Å²) in [4.78, 5) is 2.41. The number of aliphatic hydroxyl groups excluding tert-OH is 1. The molecule has 1 N–H and O–H groups in total. The average Bonchev–Trinajstić information content (AvgIpc) is 2.43. The Kier molecular flexibility index (Phi) is 6.89. The zero-order valence-corrected chi connectivity index (χ0v) is 12.6. The third-order valence-corrected chi connectivity index (χ3v) is 3.46. The van der Waals surface area contributed by atoms with E-state index in [0.717, 1.165) is 36.5 Å². The highest BCUT2D eigenvalue weighted by atomic mass is 16.5. The molecule has 0 amide bonds. The van der Waals surface area contributed by atoms with Gasteiger partial charge in [-0.15, -0.1) is 0 Å². The van der Waals surface area contributed by atoms with Crippen molar-refractivity contribution in [3.8, 4) is 5.75 Å². The molecule has 0 aliphatic rings. The summed E-state index contributed by atoms with van der Waals surface area (Å²) < 4.78 is 5.42. The Labute approximate surface area is 117 Å². The van der Waals surface area contributed by atoms with Crippen molar-refractivity contribution >= 4 is 0 Å². The van der Waals surface area contributed by atoms with Crippen LogP contribution in [0.3, 0.4) is 0 Å². The second-order valence-corrected chi connectivity index (χ2v) is 4.97. The van der Waals surface area contributed by atoms with Crippen LogP contribution in [0.25, 0.3) is 0 Å². The number of benzene rings is 1. The summed E-state index contributed by atoms with van der Waals surface area (Å²) in [5, 5.41) is 9.69. The van der Waals surface area contributed by atoms with E-state index in [1.807, 2.05) is 12.1 Å². The fourth-order valence-electron chi connectivity index (χ4n) is 2.15. The second-order valence-electron chi connectivity index (χ2n) is 4.97. The van der Waals surface area contributed by atoms with E-state index in [4.69, 9.17) is 4.74 Å². The second kappa shape index (κ2) is 8.18. The number of aliphatic hydroxyl groups is 1. The van der Waals surface area contributed by atoms with Crippen molar-refractivity contribution in [1.82, 2.24) is 4.90 Å². The van der Waals surface area contributed by atoms with E-state index in [1.165, 1.54) is 12.8 Å². The molecule has 0 aromatic heterocycles. The maximum absolute atomic E-state index is 9.69. The predicted molar refractivity (Wildman–Crippen MR) is 79.5 cm³/mol. The molecule has 0 radical (unpaired) electrons. The Bertz CT molecular complexity index is 377. The molecule has 108 valence electrons. The monoisotopic (exact) mass is 265 g/mol. The third kappa shape index (κ3) is 4.84. The molecule has 1 aromatic carbocycles. The molecule has 1 unspecified atom stereocenters. The Morgan fingerprint density at radius 3 is 2.58 bits per heavy atom. The molecule has 0 bridgehead atoms. The Balaban J connectivity index is 2.86. The number of rotatable bonds is 8. The van der Waals surface area contributed by atoms with Crippen molar-refractivity contribution in [2.24, 2.45) is 0 Å². The number of methoxy groups -OCH3 is 1. The van der Waals surface area contributed by atoms with Gasteiger partial charge in [-0.3, -0.25) is 4.90 Å². The van der Waals surface area contributed by atoms with Gasteiger partial charge in [0.1, 0.15) is 5.75 Å². The molecule has 0 saturated heterocycles. The number of nitrogens with zero attached hydrogens (tertiary/aromatic N) is 1. The van der Waals surface area contributed by atoms with Crippen molar-refractivity contribution < 1.29 is 9.84 Å². The highest BCUT2D eigenvalue weighted by Gasteiger charge is 2.11. The van der Waals surface area contributed by atoms with Crippen LogP contribution in [0, 0.1) is 0 Å². The van der Waals surface area contributed by atoms with Gasteiger partial charge in [-0.05, 0) is 44.1 Å². The molecule has 1 aromatic rings. The van der Waals surface area contributed by atoms with E-state index in [1.54, 1.807) is 14.0 Å². The zero-order valence-electron chi connectivity index (χ0n) is 12.6. The summed E-state index contributed by atoms with van der Waals surface area (Å²) in [5.41, 5.74) is 2.10. The molecule has 1 atom stereocenters. The van der Waals surface area contributed by atoms with Gasteiger partial charge in [-0.2, -0.15) is 0 Å². The summed E-state index contributed by atoms with van der Waals surface area (Å²) in [7, 11) is 1.70. The van der Waals surface area contributed by atoms with E-state index < -0.39 is 6.10 Å². The molecule has 0 spiro atoms. The highest BCUT2D eigenvalue weighted by molar-refractivity contribution is 5.38. The Hall–Kier alpha value is -1.06. The SMILES string of the molecule is CCCCN(CC)Cc1cc(C(C)O)ccc1OC. The van der Waals surface area contributed by atoms with Gasteiger partial charge in [0.2, 0.25) is 0 Å². The van der Waals surface area contributed by atoms with Gasteiger partial charge in [0.05, 0.1) is 13.2 Å². The molecule has 0 fully saturated rings. The van der Waals surface area contributed by atoms with Crippen LogP contribution in [-0.2, 0) is 6.54 Å². The van der Waals surface area contributed by atoms with E-state index >= 15 is 0 Å². The Morgan fingerprint density at radius 1 is 1.32 bits per heavy atom. The smallest absolute Gasteiger partial charge is 0.123 e. The van der Waals surface area contributed by atoms with Crippen LogP contribution in [-0.4, -0.2) is 30.2 Å². The fourth-order valence-corrected chi connectivity index (χ4v) is 2.15. The van der Waals surface area contributed by atoms with Crippen LogP contribution in [0.5, 0.6) is 5.75 Å². The molecular weight excluding hydrogens is 238 g/mol. The maximum atomic E-state index is 9.69. The molecule has 3 nitrogen and oxygen atoms in total. The standard InChI is InChI=1S/C16H27NO2/c1-5-7-10-17(6-2)12-15-11-14(13(3)18)8-9-16(15)19-4/h8-9,11,13,18H,5-7,10,12H2,1-4H3. The average molecular weight is 265 g/mol. The molecule has 1 rings (SSSR count). The van der Waals surface area contributed by atoms with Crippen LogP contribution in [0.2, 0.25) is 0 Å². The van der Waals surface area contributed by atoms with E-state index in [2.05, 4.69) is 24.8 Å². The number of ether oxygens (including phenoxy) is 1. The van der Waals surface area contributed by atoms with Gasteiger partial charge in [0.15, 0.2) is 0 Å². The summed E-state index contributed by atoms with van der Waals surface area (Å²) in [6.07, 6.45) is 1.99. The van der Waals surface area contributed by atoms with Gasteiger partial charge in [0, 0.05) is 12.1 Å². The molecular formula is C16H27NO2. The summed E-state index contributed by atoms with van der Waals surface area (Å²) >= 11 is 0. The summed E-state index contributed by atoms with van der Waals surface area (Å²) in [5.74, 6) is 0.902. The van der Waals surface area contributed by atoms with Crippen molar-refractivity contribution in [1.29, 1.82) is 0 Å². The van der Waals surface area contributed by atoms with Crippen molar-refractivity contribution in [2.45, 2.75) is 46.3 Å². The molecule has 0 saturated carbocycles. The first-order valence-electron chi connectivity index (χ1n) is 7.19. The quantitative estimate of drug-likeness (QED) is 0.782. The maximum Gasteiger partial charge on any atom is 0.123 e. The van der Waals surface area contributed by atoms with Crippen LogP contribution in [0.15, 0.2) is 18.2 Å². The number of unbranched alkanes of at least 4 members (excludes halogenated alkanes) is 1. The number of hydrogen-bond acceptors (Lipinski definition) is 3. The molecule has 0 heterocycles. The zero-order chi connectivity index (χ0) is 14.3. The van der Waals surface area contributed by atoms with Crippen LogP contribution in [0.4, 0.5) is 0 Å². The number of hydrogen-bond donors (Lipinski definition) is 1. The van der Waals surface area contributed by atoms with Crippen molar-refractivity contribution in [3.05, 3.63) is 29.3 Å². The summed E-state index contributed by atoms with van der Waals surface area (Å²) in [6.45, 7) is 9.20. The lowest BCUT2D eigenvalue weighted by molar-refractivity contribution is 0.198. The van der Waals surface area contributed by atoms with Gasteiger partial charge in [-0.1, -0.05) is 26.3 Å². The minimum atomic E-state index is -0.435. The molecule has 0 aliphatic heterocycles. The summed E-state index contributed by atoms with van der Waals surface area (Å²) in [6, 6.07) is 5.93. The Morgan fingerprint density at radius 2 is 2.05 bits per heavy atom. The molecule has 19 heavy (non-hydrogen) atoms. The minimum absolute atomic E-state index is 0.435. The molecule has 3 heteroatoms. The lowest BCUT2D eigenvalue weighted by Gasteiger charge is -2.22. The van der Waals surface area contributed by atoms with Gasteiger partial charge >= 0.3 is 0 Å². The lowest BCUT2D eigenvalue weighted by Crippen LogP contribution is -2.24. The van der Waals surface area contributed by atoms with Crippen molar-refractivity contribution in [3.63, 3.8) is 0 Å². The fraction of sp³-hybridized carbons (Fsp3) is 0.625. The van der Waals surface area contributed by atoms with Crippen molar-refractivity contribution in [2.75, 3.05) is 20.2 Å². The van der Waals surface area contributed by atoms with Gasteiger partial charge in [0.25, 0.3) is 0 Å². The minimum Gasteiger partial charge on any atom is -0.496 e. The van der Waals surface area contributed by atoms with Crippen LogP contribution in [0.1, 0.15) is 50.8 Å². The topological polar surface area (TPSA) is 32.7 Å². The lowest BCUT2D eigenvalue weighted by atomic mass is 10.1. The van der Waals surface area contributed by atoms with E-state index in [9.17, 15) is 5.11 Å². The predicted octanol–water partition coefficient (Wildman–Crippen LogP) is 3.37. The van der Waals surface area contributed by atoms with Crippen LogP contribution < -0.4 is 4.74 Å². The first-order chi connectivity index (χ1) is 9.12. The molecule has 0 aliphatic carbocycles. The van der Waals surface area contributed by atoms with Gasteiger partial charge < -0.3 is 9.84 Å². The largest absolute Gasteiger partial charge is 0.496 e. The van der Waals surface area contributed by atoms with Crippen LogP contribution >= 0.6 is 0 Å². The van der Waals surface area contributed by atoms with E-state index in [-0.39, 0.29) is 0 Å². The first kappa shape index (κ1) is 16.0. The normalized spacial score (nSPS) is 12.7. The van der Waals surface area contributed by atoms with Gasteiger partial charge in [-0.25, -0.2) is 0 Å². The van der Waals surface area contributed by atoms with E-state index in [0.29, 0.717) is 0 Å². The first-order valence-corrected chi connectivity index (χ1v) is 7.19. The highest BCUT2D eigenvalue weighted by Crippen LogP contribution is 2.24.